The summed E-state index contributed by atoms with van der Waals surface area (Å²) in [5, 5.41) is 5.22. The summed E-state index contributed by atoms with van der Waals surface area (Å²) in [6.45, 7) is -0.215. The molecule has 6 rings (SSSR count). The Morgan fingerprint density at radius 3 is 2.45 bits per heavy atom. The number of halogens is 2. The molecule has 1 aliphatic carbocycles. The van der Waals surface area contributed by atoms with Crippen LogP contribution in [-0.2, 0) is 28.4 Å². The number of alkyl carbamates (subject to hydrolysis) is 1. The van der Waals surface area contributed by atoms with Crippen LogP contribution in [0.1, 0.15) is 24.4 Å². The van der Waals surface area contributed by atoms with Crippen LogP contribution >= 0.6 is 15.9 Å². The average molecular weight is 754 g/mol. The van der Waals surface area contributed by atoms with E-state index >= 15 is 0 Å². The van der Waals surface area contributed by atoms with Gasteiger partial charge in [0.2, 0.25) is 10.0 Å². The minimum Gasteiger partial charge on any atom is -0.445 e. The summed E-state index contributed by atoms with van der Waals surface area (Å²) in [7, 11) is -2.60. The number of hydrogen-bond acceptors (Lipinski definition) is 8. The molecule has 2 heterocycles. The summed E-state index contributed by atoms with van der Waals surface area (Å²) in [4.78, 5) is 53.2. The zero-order chi connectivity index (χ0) is 34.9. The van der Waals surface area contributed by atoms with Gasteiger partial charge in [-0.2, -0.15) is 0 Å². The molecular formula is C33H30BrFN6O7S. The molecule has 3 N–H and O–H groups in total. The molecule has 13 nitrogen and oxygen atoms in total. The molecule has 3 aromatic carbocycles. The van der Waals surface area contributed by atoms with E-state index in [9.17, 15) is 32.0 Å². The Balaban J connectivity index is 1.32. The van der Waals surface area contributed by atoms with Crippen molar-refractivity contribution in [1.29, 1.82) is 0 Å². The van der Waals surface area contributed by atoms with Crippen LogP contribution in [-0.4, -0.2) is 40.5 Å². The van der Waals surface area contributed by atoms with Gasteiger partial charge in [-0.05, 0) is 54.8 Å². The highest BCUT2D eigenvalue weighted by Crippen LogP contribution is 2.34. The number of aryl methyl sites for hydroxylation is 1. The molecule has 2 aromatic heterocycles. The largest absolute Gasteiger partial charge is 0.445 e. The maximum Gasteiger partial charge on any atom is 0.407 e. The number of anilines is 3. The summed E-state index contributed by atoms with van der Waals surface area (Å²) in [6, 6.07) is 19.9. The van der Waals surface area contributed by atoms with Crippen molar-refractivity contribution in [3.8, 4) is 5.69 Å². The predicted octanol–water partition coefficient (Wildman–Crippen LogP) is 4.50. The minimum absolute atomic E-state index is 0.000810. The van der Waals surface area contributed by atoms with Crippen molar-refractivity contribution in [2.24, 2.45) is 7.05 Å². The first-order valence-electron chi connectivity index (χ1n) is 15.1. The van der Waals surface area contributed by atoms with E-state index in [4.69, 9.17) is 4.74 Å². The number of ether oxygens (including phenoxy) is 1. The van der Waals surface area contributed by atoms with Crippen LogP contribution in [0.4, 0.5) is 26.2 Å². The lowest BCUT2D eigenvalue weighted by Gasteiger charge is -2.19. The molecule has 16 heteroatoms. The zero-order valence-corrected chi connectivity index (χ0v) is 28.4. The van der Waals surface area contributed by atoms with E-state index in [1.165, 1.54) is 48.0 Å². The molecule has 1 amide bonds. The molecule has 0 atom stereocenters. The van der Waals surface area contributed by atoms with Gasteiger partial charge in [-0.15, -0.1) is 0 Å². The topological polar surface area (TPSA) is 163 Å². The SMILES string of the molecule is Cn1c(=O)cc(Nc2ccc(Br)cc2F)c2c(=O)n(C3CC3)c(=O)n(-c3cccc(NS(=O)(=O)CCNC(=O)OCc4ccccc4)c3)c21. The molecule has 0 bridgehead atoms. The Kier molecular flexibility index (Phi) is 9.43. The first-order valence-corrected chi connectivity index (χ1v) is 17.6. The van der Waals surface area contributed by atoms with Crippen molar-refractivity contribution >= 4 is 60.1 Å². The van der Waals surface area contributed by atoms with Gasteiger partial charge in [0.1, 0.15) is 23.5 Å². The van der Waals surface area contributed by atoms with Crippen LogP contribution in [0.3, 0.4) is 0 Å². The maximum absolute atomic E-state index is 14.8. The second kappa shape index (κ2) is 13.7. The summed E-state index contributed by atoms with van der Waals surface area (Å²) in [6.07, 6.45) is 0.398. The van der Waals surface area contributed by atoms with Crippen LogP contribution in [0.5, 0.6) is 0 Å². The lowest BCUT2D eigenvalue weighted by atomic mass is 10.2. The van der Waals surface area contributed by atoms with Gasteiger partial charge in [0.15, 0.2) is 0 Å². The lowest BCUT2D eigenvalue weighted by Crippen LogP contribution is -2.41. The van der Waals surface area contributed by atoms with Crippen LogP contribution in [0, 0.1) is 5.82 Å². The molecule has 0 saturated heterocycles. The average Bonchev–Trinajstić information content (AvgIpc) is 3.89. The standard InChI is InChI=1S/C33H30BrFN6O7S/c1-39-28(42)18-27(37-26-13-10-21(34)16-25(26)35)29-30(39)40(33(45)41(31(29)43)23-11-12-23)24-9-5-8-22(17-24)38-49(46,47)15-14-36-32(44)48-19-20-6-3-2-4-7-20/h2-10,13,16-18,23,37-38H,11-12,14-15,19H2,1H3,(H,36,44). The first-order chi connectivity index (χ1) is 23.4. The van der Waals surface area contributed by atoms with E-state index in [1.54, 1.807) is 30.3 Å². The van der Waals surface area contributed by atoms with Crippen molar-refractivity contribution in [3.63, 3.8) is 0 Å². The minimum atomic E-state index is -4.00. The van der Waals surface area contributed by atoms with Gasteiger partial charge in [-0.3, -0.25) is 23.4 Å². The molecule has 0 radical (unpaired) electrons. The Morgan fingerprint density at radius 1 is 0.980 bits per heavy atom. The molecule has 1 fully saturated rings. The summed E-state index contributed by atoms with van der Waals surface area (Å²) < 4.78 is 52.2. The van der Waals surface area contributed by atoms with Crippen molar-refractivity contribution in [3.05, 3.63) is 126 Å². The van der Waals surface area contributed by atoms with Gasteiger partial charge < -0.3 is 15.4 Å². The number of pyridine rings is 1. The van der Waals surface area contributed by atoms with E-state index in [0.29, 0.717) is 17.3 Å². The smallest absolute Gasteiger partial charge is 0.407 e. The number of aromatic nitrogens is 3. The molecule has 1 saturated carbocycles. The molecule has 0 aliphatic heterocycles. The van der Waals surface area contributed by atoms with Gasteiger partial charge in [-0.1, -0.05) is 52.3 Å². The first kappa shape index (κ1) is 33.7. The number of amides is 1. The van der Waals surface area contributed by atoms with E-state index in [0.717, 1.165) is 20.8 Å². The van der Waals surface area contributed by atoms with Gasteiger partial charge in [0, 0.05) is 30.2 Å². The van der Waals surface area contributed by atoms with Crippen LogP contribution in [0.2, 0.25) is 0 Å². The Bertz CT molecular complexity index is 2370. The zero-order valence-electron chi connectivity index (χ0n) is 26.0. The number of nitrogens with zero attached hydrogens (tertiary/aromatic N) is 3. The second-order valence-corrected chi connectivity index (χ2v) is 14.1. The van der Waals surface area contributed by atoms with E-state index in [1.807, 2.05) is 6.07 Å². The fourth-order valence-electron chi connectivity index (χ4n) is 5.29. The number of fused-ring (bicyclic) bond motifs is 1. The van der Waals surface area contributed by atoms with Gasteiger partial charge in [0.05, 0.1) is 28.5 Å². The molecule has 0 unspecified atom stereocenters. The number of carbonyl (C=O) groups is 1. The number of rotatable bonds is 11. The van der Waals surface area contributed by atoms with Crippen molar-refractivity contribution in [2.45, 2.75) is 25.5 Å². The molecule has 49 heavy (non-hydrogen) atoms. The molecule has 1 aliphatic rings. The Hall–Kier alpha value is -5.22. The molecule has 0 spiro atoms. The van der Waals surface area contributed by atoms with Crippen molar-refractivity contribution < 1.29 is 22.3 Å². The third-order valence-corrected chi connectivity index (χ3v) is 9.58. The van der Waals surface area contributed by atoms with Crippen LogP contribution in [0.25, 0.3) is 16.7 Å². The molecule has 254 valence electrons. The van der Waals surface area contributed by atoms with E-state index < -0.39 is 44.5 Å². The normalized spacial score (nSPS) is 12.9. The van der Waals surface area contributed by atoms with E-state index in [2.05, 4.69) is 31.3 Å². The van der Waals surface area contributed by atoms with Gasteiger partial charge in [-0.25, -0.2) is 27.0 Å². The van der Waals surface area contributed by atoms with Gasteiger partial charge >= 0.3 is 11.8 Å². The number of hydrogen-bond donors (Lipinski definition) is 3. The highest BCUT2D eigenvalue weighted by atomic mass is 79.9. The third kappa shape index (κ3) is 7.44. The fourth-order valence-corrected chi connectivity index (χ4v) is 6.58. The molecular weight excluding hydrogens is 723 g/mol. The lowest BCUT2D eigenvalue weighted by molar-refractivity contribution is 0.140. The maximum atomic E-state index is 14.8. The number of nitrogens with one attached hydrogen (secondary N) is 3. The van der Waals surface area contributed by atoms with Gasteiger partial charge in [0.25, 0.3) is 11.1 Å². The molecule has 5 aromatic rings. The van der Waals surface area contributed by atoms with Crippen molar-refractivity contribution in [1.82, 2.24) is 19.0 Å². The summed E-state index contributed by atoms with van der Waals surface area (Å²) in [5.74, 6) is -1.12. The monoisotopic (exact) mass is 752 g/mol. The van der Waals surface area contributed by atoms with Crippen LogP contribution in [0.15, 0.2) is 97.7 Å². The number of carbonyl (C=O) groups excluding carboxylic acids is 1. The van der Waals surface area contributed by atoms with Crippen LogP contribution < -0.4 is 32.2 Å². The third-order valence-electron chi connectivity index (χ3n) is 7.79. The second-order valence-electron chi connectivity index (χ2n) is 11.4. The fraction of sp³-hybridized carbons (Fsp3) is 0.212. The number of sulfonamides is 1. The Morgan fingerprint density at radius 2 is 1.73 bits per heavy atom. The quantitative estimate of drug-likeness (QED) is 0.178. The highest BCUT2D eigenvalue weighted by molar-refractivity contribution is 9.10. The van der Waals surface area contributed by atoms with E-state index in [-0.39, 0.29) is 53.0 Å². The highest BCUT2D eigenvalue weighted by Gasteiger charge is 2.31. The summed E-state index contributed by atoms with van der Waals surface area (Å²) in [5.41, 5.74) is -1.01. The number of benzene rings is 3. The predicted molar refractivity (Wildman–Crippen MR) is 187 cm³/mol. The Labute approximate surface area is 287 Å². The summed E-state index contributed by atoms with van der Waals surface area (Å²) >= 11 is 3.21. The van der Waals surface area contributed by atoms with Crippen molar-refractivity contribution in [2.75, 3.05) is 22.3 Å².